The minimum absolute atomic E-state index is 0.200. The summed E-state index contributed by atoms with van der Waals surface area (Å²) in [5.41, 5.74) is 3.60. The van der Waals surface area contributed by atoms with E-state index >= 15 is 0 Å². The van der Waals surface area contributed by atoms with Gasteiger partial charge in [-0.15, -0.1) is 0 Å². The average molecular weight is 427 g/mol. The second kappa shape index (κ2) is 9.46. The van der Waals surface area contributed by atoms with Crippen molar-refractivity contribution < 1.29 is 4.79 Å². The number of benzene rings is 3. The third-order valence-corrected chi connectivity index (χ3v) is 7.48. The predicted octanol–water partition coefficient (Wildman–Crippen LogP) is 6.45. The number of hydrogen-bond acceptors (Lipinski definition) is 2. The van der Waals surface area contributed by atoms with Gasteiger partial charge in [0.05, 0.1) is 0 Å². The van der Waals surface area contributed by atoms with E-state index in [1.54, 1.807) is 0 Å². The van der Waals surface area contributed by atoms with E-state index in [2.05, 4.69) is 66.8 Å². The Hall–Kier alpha value is -2.65. The molecule has 1 aliphatic carbocycles. The first kappa shape index (κ1) is 21.2. The highest BCUT2D eigenvalue weighted by Gasteiger charge is 2.27. The summed E-state index contributed by atoms with van der Waals surface area (Å²) >= 11 is 0. The van der Waals surface area contributed by atoms with Crippen LogP contribution in [0.1, 0.15) is 78.9 Å². The van der Waals surface area contributed by atoms with Gasteiger partial charge in [-0.3, -0.25) is 4.79 Å². The van der Waals surface area contributed by atoms with E-state index in [-0.39, 0.29) is 5.91 Å². The molecule has 2 aliphatic rings. The molecule has 166 valence electrons. The topological polar surface area (TPSA) is 32.3 Å². The van der Waals surface area contributed by atoms with Crippen molar-refractivity contribution in [2.24, 2.45) is 0 Å². The molecule has 1 N–H and O–H groups in total. The molecule has 3 aromatic rings. The van der Waals surface area contributed by atoms with Crippen molar-refractivity contribution in [3.63, 3.8) is 0 Å². The van der Waals surface area contributed by atoms with E-state index in [9.17, 15) is 4.79 Å². The fourth-order valence-corrected chi connectivity index (χ4v) is 5.68. The Morgan fingerprint density at radius 3 is 2.47 bits per heavy atom. The van der Waals surface area contributed by atoms with Gasteiger partial charge in [0.15, 0.2) is 0 Å². The molecule has 3 aromatic carbocycles. The zero-order valence-electron chi connectivity index (χ0n) is 19.1. The molecule has 3 nitrogen and oxygen atoms in total. The van der Waals surface area contributed by atoms with Gasteiger partial charge in [0, 0.05) is 30.7 Å². The molecule has 1 amide bonds. The van der Waals surface area contributed by atoms with E-state index < -0.39 is 0 Å². The molecule has 0 aromatic heterocycles. The monoisotopic (exact) mass is 426 g/mol. The summed E-state index contributed by atoms with van der Waals surface area (Å²) in [6.07, 6.45) is 7.09. The highest BCUT2D eigenvalue weighted by molar-refractivity contribution is 5.94. The molecule has 1 aliphatic heterocycles. The van der Waals surface area contributed by atoms with Gasteiger partial charge in [-0.25, -0.2) is 0 Å². The van der Waals surface area contributed by atoms with Crippen molar-refractivity contribution in [1.82, 2.24) is 10.2 Å². The van der Waals surface area contributed by atoms with Gasteiger partial charge in [0.2, 0.25) is 0 Å². The standard InChI is InChI=1S/C29H34N2O/c1-21(27-11-7-9-23-8-3-4-10-28(23)27)30-26-17-16-25(20-26)22-12-14-24(15-13-22)29(32)31-18-5-2-6-19-31/h3-4,7-15,21,25-26,30H,2,5-6,16-20H2,1H3/t21-,25?,26?/m1/s1. The lowest BCUT2D eigenvalue weighted by Gasteiger charge is -2.26. The maximum atomic E-state index is 12.7. The normalized spacial score (nSPS) is 22.2. The Morgan fingerprint density at radius 2 is 1.66 bits per heavy atom. The van der Waals surface area contributed by atoms with Crippen LogP contribution in [0.15, 0.2) is 66.7 Å². The van der Waals surface area contributed by atoms with E-state index in [1.807, 2.05) is 17.0 Å². The van der Waals surface area contributed by atoms with Crippen LogP contribution >= 0.6 is 0 Å². The number of carbonyl (C=O) groups excluding carboxylic acids is 1. The number of nitrogens with one attached hydrogen (secondary N) is 1. The van der Waals surface area contributed by atoms with Crippen molar-refractivity contribution in [2.45, 2.75) is 63.5 Å². The highest BCUT2D eigenvalue weighted by Crippen LogP contribution is 2.36. The van der Waals surface area contributed by atoms with Gasteiger partial charge in [-0.05, 0) is 85.4 Å². The van der Waals surface area contributed by atoms with Gasteiger partial charge in [0.25, 0.3) is 5.91 Å². The summed E-state index contributed by atoms with van der Waals surface area (Å²) in [6, 6.07) is 24.6. The second-order valence-electron chi connectivity index (χ2n) is 9.64. The van der Waals surface area contributed by atoms with Gasteiger partial charge < -0.3 is 10.2 Å². The maximum absolute atomic E-state index is 12.7. The Bertz CT molecular complexity index is 1060. The summed E-state index contributed by atoms with van der Waals surface area (Å²) in [7, 11) is 0. The van der Waals surface area contributed by atoms with Crippen LogP contribution in [-0.2, 0) is 0 Å². The quantitative estimate of drug-likeness (QED) is 0.508. The number of amides is 1. The van der Waals surface area contributed by atoms with Crippen molar-refractivity contribution in [3.05, 3.63) is 83.4 Å². The Kier molecular flexibility index (Phi) is 6.27. The van der Waals surface area contributed by atoms with Crippen LogP contribution < -0.4 is 5.32 Å². The highest BCUT2D eigenvalue weighted by atomic mass is 16.2. The zero-order chi connectivity index (χ0) is 21.9. The van der Waals surface area contributed by atoms with Crippen molar-refractivity contribution in [2.75, 3.05) is 13.1 Å². The van der Waals surface area contributed by atoms with E-state index in [0.29, 0.717) is 18.0 Å². The number of carbonyl (C=O) groups is 1. The molecule has 0 spiro atoms. The van der Waals surface area contributed by atoms with Crippen LogP contribution in [0.25, 0.3) is 10.8 Å². The number of hydrogen-bond donors (Lipinski definition) is 1. The van der Waals surface area contributed by atoms with Crippen molar-refractivity contribution in [1.29, 1.82) is 0 Å². The Labute approximate surface area is 191 Å². The van der Waals surface area contributed by atoms with E-state index in [0.717, 1.165) is 37.9 Å². The maximum Gasteiger partial charge on any atom is 0.253 e. The lowest BCUT2D eigenvalue weighted by molar-refractivity contribution is 0.0724. The van der Waals surface area contributed by atoms with Gasteiger partial charge >= 0.3 is 0 Å². The summed E-state index contributed by atoms with van der Waals surface area (Å²) in [4.78, 5) is 14.8. The third-order valence-electron chi connectivity index (χ3n) is 7.48. The molecule has 32 heavy (non-hydrogen) atoms. The molecule has 3 atom stereocenters. The predicted molar refractivity (Wildman–Crippen MR) is 132 cm³/mol. The molecule has 1 heterocycles. The summed E-state index contributed by atoms with van der Waals surface area (Å²) < 4.78 is 0. The molecule has 2 fully saturated rings. The minimum Gasteiger partial charge on any atom is -0.339 e. The van der Waals surface area contributed by atoms with Gasteiger partial charge in [0.1, 0.15) is 0 Å². The lowest BCUT2D eigenvalue weighted by atomic mass is 9.95. The summed E-state index contributed by atoms with van der Waals surface area (Å²) in [5, 5.41) is 6.55. The molecular weight excluding hydrogens is 392 g/mol. The zero-order valence-corrected chi connectivity index (χ0v) is 19.1. The third kappa shape index (κ3) is 4.45. The van der Waals surface area contributed by atoms with E-state index in [1.165, 1.54) is 41.2 Å². The second-order valence-corrected chi connectivity index (χ2v) is 9.64. The molecule has 3 heteroatoms. The minimum atomic E-state index is 0.200. The van der Waals surface area contributed by atoms with Crippen LogP contribution in [0.3, 0.4) is 0 Å². The van der Waals surface area contributed by atoms with Crippen LogP contribution in [-0.4, -0.2) is 29.9 Å². The number of nitrogens with zero attached hydrogens (tertiary/aromatic N) is 1. The average Bonchev–Trinajstić information content (AvgIpc) is 3.32. The first-order chi connectivity index (χ1) is 15.7. The van der Waals surface area contributed by atoms with Crippen LogP contribution in [0, 0.1) is 0 Å². The van der Waals surface area contributed by atoms with Gasteiger partial charge in [-0.1, -0.05) is 54.6 Å². The van der Waals surface area contributed by atoms with Crippen LogP contribution in [0.5, 0.6) is 0 Å². The lowest BCUT2D eigenvalue weighted by Crippen LogP contribution is -2.35. The molecule has 1 saturated heterocycles. The van der Waals surface area contributed by atoms with E-state index in [4.69, 9.17) is 0 Å². The summed E-state index contributed by atoms with van der Waals surface area (Å²) in [5.74, 6) is 0.775. The van der Waals surface area contributed by atoms with Crippen LogP contribution in [0.4, 0.5) is 0 Å². The molecule has 0 radical (unpaired) electrons. The Balaban J connectivity index is 1.21. The van der Waals surface area contributed by atoms with Gasteiger partial charge in [-0.2, -0.15) is 0 Å². The molecule has 0 bridgehead atoms. The molecule has 5 rings (SSSR count). The first-order valence-corrected chi connectivity index (χ1v) is 12.3. The SMILES string of the molecule is C[C@@H](NC1CCC(c2ccc(C(=O)N3CCCCC3)cc2)C1)c1cccc2ccccc12. The fourth-order valence-electron chi connectivity index (χ4n) is 5.68. The smallest absolute Gasteiger partial charge is 0.253 e. The fraction of sp³-hybridized carbons (Fsp3) is 0.414. The number of likely N-dealkylation sites (tertiary alicyclic amines) is 1. The first-order valence-electron chi connectivity index (χ1n) is 12.3. The summed E-state index contributed by atoms with van der Waals surface area (Å²) in [6.45, 7) is 4.10. The molecule has 1 saturated carbocycles. The van der Waals surface area contributed by atoms with Crippen molar-refractivity contribution in [3.8, 4) is 0 Å². The van der Waals surface area contributed by atoms with Crippen LogP contribution in [0.2, 0.25) is 0 Å². The largest absolute Gasteiger partial charge is 0.339 e. The number of fused-ring (bicyclic) bond motifs is 1. The Morgan fingerprint density at radius 1 is 0.906 bits per heavy atom. The number of rotatable bonds is 5. The number of piperidine rings is 1. The molecule has 2 unspecified atom stereocenters. The van der Waals surface area contributed by atoms with Crippen molar-refractivity contribution >= 4 is 16.7 Å². The molecular formula is C29H34N2O.